The highest BCUT2D eigenvalue weighted by Gasteiger charge is 2.53. The number of ether oxygens (including phenoxy) is 2. The third kappa shape index (κ3) is 8.11. The molecule has 9 heteroatoms. The summed E-state index contributed by atoms with van der Waals surface area (Å²) in [5, 5.41) is 12.9. The van der Waals surface area contributed by atoms with Crippen LogP contribution in [0, 0.1) is 5.82 Å². The van der Waals surface area contributed by atoms with Crippen LogP contribution in [0.5, 0.6) is 5.75 Å². The molecule has 2 N–H and O–H groups in total. The van der Waals surface area contributed by atoms with E-state index in [0.29, 0.717) is 46.4 Å². The van der Waals surface area contributed by atoms with Crippen LogP contribution in [0.1, 0.15) is 41.2 Å². The van der Waals surface area contributed by atoms with E-state index in [9.17, 15) is 9.18 Å². The zero-order chi connectivity index (χ0) is 31.6. The third-order valence-electron chi connectivity index (χ3n) is 7.40. The molecule has 0 radical (unpaired) electrons. The van der Waals surface area contributed by atoms with Crippen molar-refractivity contribution in [1.29, 1.82) is 0 Å². The van der Waals surface area contributed by atoms with E-state index in [1.54, 1.807) is 36.4 Å². The average Bonchev–Trinajstić information content (AvgIpc) is 3.42. The van der Waals surface area contributed by atoms with Gasteiger partial charge in [-0.05, 0) is 66.1 Å². The van der Waals surface area contributed by atoms with E-state index in [1.807, 2.05) is 60.7 Å². The molecule has 1 aliphatic heterocycles. The third-order valence-corrected chi connectivity index (χ3v) is 7.96. The van der Waals surface area contributed by atoms with Crippen LogP contribution in [0.3, 0.4) is 0 Å². The van der Waals surface area contributed by atoms with E-state index in [-0.39, 0.29) is 37.2 Å². The number of halogens is 3. The van der Waals surface area contributed by atoms with E-state index >= 15 is 0 Å². The molecule has 0 aromatic heterocycles. The van der Waals surface area contributed by atoms with Gasteiger partial charge in [-0.2, -0.15) is 0 Å². The molecule has 45 heavy (non-hydrogen) atoms. The molecule has 0 saturated heterocycles. The Labute approximate surface area is 272 Å². The number of aliphatic hydroxyl groups excluding tert-OH is 1. The highest BCUT2D eigenvalue weighted by Crippen LogP contribution is 2.45. The number of aliphatic imine (C=N–C) groups is 1. The molecular weight excluding hydrogens is 614 g/mol. The molecule has 0 unspecified atom stereocenters. The van der Waals surface area contributed by atoms with E-state index in [2.05, 4.69) is 5.32 Å². The summed E-state index contributed by atoms with van der Waals surface area (Å²) in [6.07, 6.45) is 4.12. The van der Waals surface area contributed by atoms with Gasteiger partial charge in [-0.25, -0.2) is 9.38 Å². The Bertz CT molecular complexity index is 1660. The molecule has 232 valence electrons. The predicted octanol–water partition coefficient (Wildman–Crippen LogP) is 7.61. The van der Waals surface area contributed by atoms with Crippen molar-refractivity contribution in [1.82, 2.24) is 5.32 Å². The first kappa shape index (κ1) is 32.2. The van der Waals surface area contributed by atoms with E-state index in [1.165, 1.54) is 12.1 Å². The Hall–Kier alpha value is -4.17. The van der Waals surface area contributed by atoms with Crippen LogP contribution in [0.4, 0.5) is 4.39 Å². The minimum absolute atomic E-state index is 0.0441. The maximum absolute atomic E-state index is 14.3. The zero-order valence-corrected chi connectivity index (χ0v) is 26.0. The lowest BCUT2D eigenvalue weighted by Crippen LogP contribution is -2.48. The van der Waals surface area contributed by atoms with Crippen LogP contribution in [-0.2, 0) is 16.0 Å². The number of carbonyl (C=O) groups is 1. The summed E-state index contributed by atoms with van der Waals surface area (Å²) in [5.74, 6) is 0.227. The summed E-state index contributed by atoms with van der Waals surface area (Å²) in [6, 6.07) is 28.3. The summed E-state index contributed by atoms with van der Waals surface area (Å²) < 4.78 is 26.0. The van der Waals surface area contributed by atoms with Crippen molar-refractivity contribution in [2.45, 2.75) is 30.9 Å². The fourth-order valence-corrected chi connectivity index (χ4v) is 5.62. The highest BCUT2D eigenvalue weighted by molar-refractivity contribution is 6.35. The second kappa shape index (κ2) is 15.2. The van der Waals surface area contributed by atoms with Crippen LogP contribution in [0.15, 0.2) is 108 Å². The second-order valence-electron chi connectivity index (χ2n) is 10.6. The molecule has 0 bridgehead atoms. The number of nitrogens with zero attached hydrogens (tertiary/aromatic N) is 1. The summed E-state index contributed by atoms with van der Waals surface area (Å²) in [4.78, 5) is 19.3. The number of nitrogens with one attached hydrogen (secondary N) is 1. The maximum atomic E-state index is 14.3. The van der Waals surface area contributed by atoms with Gasteiger partial charge in [0.25, 0.3) is 5.91 Å². The first-order valence-electron chi connectivity index (χ1n) is 14.7. The normalized spacial score (nSPS) is 17.6. The largest absolute Gasteiger partial charge is 0.494 e. The van der Waals surface area contributed by atoms with Crippen LogP contribution < -0.4 is 10.1 Å². The summed E-state index contributed by atoms with van der Waals surface area (Å²) in [6.45, 7) is 0.692. The van der Waals surface area contributed by atoms with Gasteiger partial charge in [0, 0.05) is 47.2 Å². The summed E-state index contributed by atoms with van der Waals surface area (Å²) in [5.41, 5.74) is 1.52. The molecule has 0 saturated carbocycles. The minimum Gasteiger partial charge on any atom is -0.494 e. The Balaban J connectivity index is 1.51. The lowest BCUT2D eigenvalue weighted by Gasteiger charge is -2.30. The summed E-state index contributed by atoms with van der Waals surface area (Å²) in [7, 11) is 0. The topological polar surface area (TPSA) is 80.2 Å². The van der Waals surface area contributed by atoms with Crippen molar-refractivity contribution in [3.63, 3.8) is 0 Å². The quantitative estimate of drug-likeness (QED) is 0.147. The number of hydrogen-bond acceptors (Lipinski definition) is 5. The molecule has 2 atom stereocenters. The molecule has 0 fully saturated rings. The lowest BCUT2D eigenvalue weighted by molar-refractivity contribution is -0.128. The van der Waals surface area contributed by atoms with Gasteiger partial charge in [0.15, 0.2) is 11.6 Å². The van der Waals surface area contributed by atoms with Crippen LogP contribution >= 0.6 is 23.2 Å². The van der Waals surface area contributed by atoms with Crippen molar-refractivity contribution in [2.24, 2.45) is 4.99 Å². The molecule has 6 nitrogen and oxygen atoms in total. The number of hydrogen-bond donors (Lipinski definition) is 2. The molecule has 0 aliphatic carbocycles. The second-order valence-corrected chi connectivity index (χ2v) is 11.5. The summed E-state index contributed by atoms with van der Waals surface area (Å²) >= 11 is 12.9. The fraction of sp³-hybridized carbons (Fsp3) is 0.222. The highest BCUT2D eigenvalue weighted by atomic mass is 35.5. The van der Waals surface area contributed by atoms with Crippen molar-refractivity contribution in [2.75, 3.05) is 19.8 Å². The monoisotopic (exact) mass is 646 g/mol. The average molecular weight is 648 g/mol. The molecule has 4 aromatic rings. The number of rotatable bonds is 13. The fourth-order valence-electron chi connectivity index (χ4n) is 5.11. The van der Waals surface area contributed by atoms with Crippen LogP contribution in [0.2, 0.25) is 10.0 Å². The first-order valence-corrected chi connectivity index (χ1v) is 15.4. The van der Waals surface area contributed by atoms with Crippen molar-refractivity contribution in [3.8, 4) is 5.75 Å². The van der Waals surface area contributed by atoms with Crippen molar-refractivity contribution >= 4 is 41.1 Å². The number of benzene rings is 4. The molecule has 0 spiro atoms. The predicted molar refractivity (Wildman–Crippen MR) is 176 cm³/mol. The van der Waals surface area contributed by atoms with Gasteiger partial charge in [-0.3, -0.25) is 4.79 Å². The van der Waals surface area contributed by atoms with Gasteiger partial charge in [0.2, 0.25) is 5.90 Å². The van der Waals surface area contributed by atoms with E-state index < -0.39 is 11.6 Å². The Kier molecular flexibility index (Phi) is 10.9. The lowest BCUT2D eigenvalue weighted by atomic mass is 9.84. The van der Waals surface area contributed by atoms with Crippen molar-refractivity contribution in [3.05, 3.63) is 141 Å². The maximum Gasteiger partial charge on any atom is 0.252 e. The number of carbonyl (C=O) groups excluding carboxylic acids is 1. The van der Waals surface area contributed by atoms with Crippen LogP contribution in [-0.4, -0.2) is 42.2 Å². The molecule has 5 rings (SSSR count). The minimum atomic E-state index is -1.43. The molecule has 1 heterocycles. The van der Waals surface area contributed by atoms with Gasteiger partial charge in [-0.1, -0.05) is 83.9 Å². The van der Waals surface area contributed by atoms with Gasteiger partial charge >= 0.3 is 0 Å². The molecular formula is C36H33Cl2FN2O4. The van der Waals surface area contributed by atoms with Crippen molar-refractivity contribution < 1.29 is 23.8 Å². The molecule has 1 amide bonds. The SMILES string of the molecule is O=C(NCCc1cccc(F)c1)[C@]1(C/C=C/c2ccccc2)N=C(c2ccc(OCCCO)cc2)O[C@@H]1c1ccc(Cl)cc1Cl. The van der Waals surface area contributed by atoms with Crippen LogP contribution in [0.25, 0.3) is 6.08 Å². The Morgan fingerprint density at radius 2 is 1.82 bits per heavy atom. The smallest absolute Gasteiger partial charge is 0.252 e. The van der Waals surface area contributed by atoms with Gasteiger partial charge in [0.1, 0.15) is 11.6 Å². The van der Waals surface area contributed by atoms with E-state index in [4.69, 9.17) is 42.8 Å². The zero-order valence-electron chi connectivity index (χ0n) is 24.5. The first-order chi connectivity index (χ1) is 21.9. The number of amides is 1. The van der Waals surface area contributed by atoms with Gasteiger partial charge in [-0.15, -0.1) is 0 Å². The standard InChI is InChI=1S/C36H33Cl2FN2O4/c37-28-14-17-31(32(38)24-28)33-36(19-5-10-25-7-2-1-3-8-25,35(43)40-20-18-26-9-4-11-29(39)23-26)41-34(45-33)27-12-15-30(16-13-27)44-22-6-21-42/h1-5,7-17,23-24,33,42H,6,18-22H2,(H,40,43)/b10-5+/t33-,36-/m1/s1. The molecule has 1 aliphatic rings. The number of aliphatic hydroxyl groups is 1. The van der Waals surface area contributed by atoms with E-state index in [0.717, 1.165) is 11.1 Å². The van der Waals surface area contributed by atoms with Gasteiger partial charge in [0.05, 0.1) is 6.61 Å². The Morgan fingerprint density at radius 3 is 2.56 bits per heavy atom. The van der Waals surface area contributed by atoms with Gasteiger partial charge < -0.3 is 19.9 Å². The Morgan fingerprint density at radius 1 is 1.02 bits per heavy atom. The molecule has 4 aromatic carbocycles.